The molecule has 1 heterocycles. The lowest BCUT2D eigenvalue weighted by Crippen LogP contribution is -2.47. The molecule has 1 N–H and O–H groups in total. The average molecular weight is 362 g/mol. The molecule has 132 valence electrons. The number of benzene rings is 2. The molecule has 3 rings (SSSR count). The summed E-state index contributed by atoms with van der Waals surface area (Å²) < 4.78 is 13.8. The molecular weight excluding hydrogens is 341 g/mol. The molecule has 2 aromatic carbocycles. The highest BCUT2D eigenvalue weighted by molar-refractivity contribution is 6.30. The number of anilines is 2. The van der Waals surface area contributed by atoms with Crippen molar-refractivity contribution in [1.82, 2.24) is 4.90 Å². The first-order chi connectivity index (χ1) is 12.1. The van der Waals surface area contributed by atoms with E-state index in [0.29, 0.717) is 23.7 Å². The van der Waals surface area contributed by atoms with E-state index in [9.17, 15) is 9.18 Å². The van der Waals surface area contributed by atoms with Crippen LogP contribution in [0, 0.1) is 5.82 Å². The van der Waals surface area contributed by atoms with E-state index in [1.807, 2.05) is 12.1 Å². The molecule has 0 aliphatic carbocycles. The van der Waals surface area contributed by atoms with Gasteiger partial charge in [-0.05, 0) is 36.4 Å². The Kier molecular flexibility index (Phi) is 5.89. The van der Waals surface area contributed by atoms with E-state index in [-0.39, 0.29) is 11.7 Å². The molecule has 0 atom stereocenters. The van der Waals surface area contributed by atoms with Gasteiger partial charge in [-0.2, -0.15) is 0 Å². The van der Waals surface area contributed by atoms with Gasteiger partial charge < -0.3 is 10.2 Å². The van der Waals surface area contributed by atoms with Gasteiger partial charge in [0.25, 0.3) is 0 Å². The lowest BCUT2D eigenvalue weighted by molar-refractivity contribution is -0.116. The molecule has 1 saturated heterocycles. The van der Waals surface area contributed by atoms with Gasteiger partial charge in [-0.3, -0.25) is 9.69 Å². The summed E-state index contributed by atoms with van der Waals surface area (Å²) in [6, 6.07) is 13.9. The van der Waals surface area contributed by atoms with E-state index in [0.717, 1.165) is 31.9 Å². The highest BCUT2D eigenvalue weighted by Gasteiger charge is 2.19. The molecule has 4 nitrogen and oxygen atoms in total. The van der Waals surface area contributed by atoms with Crippen LogP contribution in [0.1, 0.15) is 6.42 Å². The van der Waals surface area contributed by atoms with Crippen molar-refractivity contribution in [1.29, 1.82) is 0 Å². The maximum atomic E-state index is 13.8. The summed E-state index contributed by atoms with van der Waals surface area (Å²) in [5.74, 6) is -0.197. The number of nitrogens with one attached hydrogen (secondary N) is 1. The minimum Gasteiger partial charge on any atom is -0.367 e. The number of carbonyl (C=O) groups is 1. The van der Waals surface area contributed by atoms with Crippen molar-refractivity contribution < 1.29 is 9.18 Å². The van der Waals surface area contributed by atoms with Gasteiger partial charge in [0.1, 0.15) is 5.82 Å². The third-order valence-electron chi connectivity index (χ3n) is 4.35. The molecule has 2 aromatic rings. The van der Waals surface area contributed by atoms with Crippen LogP contribution in [0.25, 0.3) is 0 Å². The van der Waals surface area contributed by atoms with E-state index in [4.69, 9.17) is 11.6 Å². The maximum Gasteiger partial charge on any atom is 0.225 e. The molecule has 0 unspecified atom stereocenters. The predicted molar refractivity (Wildman–Crippen MR) is 99.8 cm³/mol. The summed E-state index contributed by atoms with van der Waals surface area (Å²) in [7, 11) is 0. The Bertz CT molecular complexity index is 715. The quantitative estimate of drug-likeness (QED) is 0.883. The van der Waals surface area contributed by atoms with Crippen LogP contribution in [0.5, 0.6) is 0 Å². The molecule has 0 bridgehead atoms. The first-order valence-corrected chi connectivity index (χ1v) is 8.77. The zero-order valence-electron chi connectivity index (χ0n) is 13.9. The van der Waals surface area contributed by atoms with Crippen molar-refractivity contribution in [2.24, 2.45) is 0 Å². The lowest BCUT2D eigenvalue weighted by Gasteiger charge is -2.36. The Balaban J connectivity index is 1.42. The number of hydrogen-bond donors (Lipinski definition) is 1. The van der Waals surface area contributed by atoms with Gasteiger partial charge in [-0.25, -0.2) is 4.39 Å². The second-order valence-corrected chi connectivity index (χ2v) is 6.52. The van der Waals surface area contributed by atoms with E-state index < -0.39 is 0 Å². The highest BCUT2D eigenvalue weighted by Crippen LogP contribution is 2.20. The zero-order chi connectivity index (χ0) is 17.6. The smallest absolute Gasteiger partial charge is 0.225 e. The predicted octanol–water partition coefficient (Wildman–Crippen LogP) is 3.63. The minimum absolute atomic E-state index is 0.0149. The number of carbonyl (C=O) groups excluding carboxylic acids is 1. The van der Waals surface area contributed by atoms with Gasteiger partial charge in [0, 0.05) is 49.9 Å². The van der Waals surface area contributed by atoms with Gasteiger partial charge in [-0.15, -0.1) is 0 Å². The van der Waals surface area contributed by atoms with Crippen LogP contribution < -0.4 is 10.2 Å². The highest BCUT2D eigenvalue weighted by atomic mass is 35.5. The molecule has 1 amide bonds. The Hall–Kier alpha value is -2.11. The third-order valence-corrected chi connectivity index (χ3v) is 4.60. The molecule has 1 aliphatic rings. The summed E-state index contributed by atoms with van der Waals surface area (Å²) in [6.07, 6.45) is 0.433. The Morgan fingerprint density at radius 2 is 1.72 bits per heavy atom. The number of amides is 1. The number of para-hydroxylation sites is 1. The summed E-state index contributed by atoms with van der Waals surface area (Å²) in [5, 5.41) is 3.51. The van der Waals surface area contributed by atoms with Crippen molar-refractivity contribution in [3.63, 3.8) is 0 Å². The molecule has 6 heteroatoms. The van der Waals surface area contributed by atoms with Gasteiger partial charge in [0.05, 0.1) is 5.69 Å². The summed E-state index contributed by atoms with van der Waals surface area (Å²) in [4.78, 5) is 16.3. The lowest BCUT2D eigenvalue weighted by atomic mass is 10.2. The molecule has 25 heavy (non-hydrogen) atoms. The fourth-order valence-electron chi connectivity index (χ4n) is 2.94. The molecule has 1 aliphatic heterocycles. The van der Waals surface area contributed by atoms with E-state index >= 15 is 0 Å². The van der Waals surface area contributed by atoms with Crippen molar-refractivity contribution in [2.75, 3.05) is 42.9 Å². The van der Waals surface area contributed by atoms with Gasteiger partial charge in [-0.1, -0.05) is 23.7 Å². The second kappa shape index (κ2) is 8.32. The third kappa shape index (κ3) is 4.94. The van der Waals surface area contributed by atoms with Crippen LogP contribution in [0.3, 0.4) is 0 Å². The van der Waals surface area contributed by atoms with Gasteiger partial charge >= 0.3 is 0 Å². The number of rotatable bonds is 5. The summed E-state index contributed by atoms with van der Waals surface area (Å²) in [5.41, 5.74) is 1.40. The number of nitrogens with zero attached hydrogens (tertiary/aromatic N) is 2. The molecule has 0 spiro atoms. The van der Waals surface area contributed by atoms with Crippen LogP contribution in [-0.4, -0.2) is 43.5 Å². The van der Waals surface area contributed by atoms with Crippen molar-refractivity contribution in [3.05, 3.63) is 59.4 Å². The number of halogens is 2. The van der Waals surface area contributed by atoms with Gasteiger partial charge in [0.2, 0.25) is 5.91 Å². The summed E-state index contributed by atoms with van der Waals surface area (Å²) in [6.45, 7) is 3.87. The maximum absolute atomic E-state index is 13.8. The van der Waals surface area contributed by atoms with E-state index in [2.05, 4.69) is 15.1 Å². The van der Waals surface area contributed by atoms with Gasteiger partial charge in [0.15, 0.2) is 0 Å². The zero-order valence-corrected chi connectivity index (χ0v) is 14.7. The topological polar surface area (TPSA) is 35.6 Å². The molecule has 0 aromatic heterocycles. The van der Waals surface area contributed by atoms with Crippen LogP contribution in [0.15, 0.2) is 48.5 Å². The first kappa shape index (κ1) is 17.7. The number of hydrogen-bond acceptors (Lipinski definition) is 3. The van der Waals surface area contributed by atoms with E-state index in [1.54, 1.807) is 30.3 Å². The van der Waals surface area contributed by atoms with E-state index in [1.165, 1.54) is 6.07 Å². The van der Waals surface area contributed by atoms with Crippen molar-refractivity contribution >= 4 is 28.9 Å². The first-order valence-electron chi connectivity index (χ1n) is 8.39. The van der Waals surface area contributed by atoms with Crippen LogP contribution in [0.2, 0.25) is 5.02 Å². The molecule has 0 saturated carbocycles. The Morgan fingerprint density at radius 1 is 1.04 bits per heavy atom. The SMILES string of the molecule is O=C(CCN1CCN(c2ccccc2F)CC1)Nc1ccc(Cl)cc1. The molecule has 0 radical (unpaired) electrons. The van der Waals surface area contributed by atoms with Crippen molar-refractivity contribution in [3.8, 4) is 0 Å². The molecule has 1 fully saturated rings. The minimum atomic E-state index is -0.182. The summed E-state index contributed by atoms with van der Waals surface area (Å²) >= 11 is 5.83. The largest absolute Gasteiger partial charge is 0.367 e. The van der Waals surface area contributed by atoms with Crippen LogP contribution >= 0.6 is 11.6 Å². The standard InChI is InChI=1S/C19H21ClFN3O/c20-15-5-7-16(8-6-15)22-19(25)9-10-23-11-13-24(14-12-23)18-4-2-1-3-17(18)21/h1-8H,9-14H2,(H,22,25). The fraction of sp³-hybridized carbons (Fsp3) is 0.316. The Labute approximate surface area is 152 Å². The normalized spacial score (nSPS) is 15.2. The van der Waals surface area contributed by atoms with Crippen LogP contribution in [-0.2, 0) is 4.79 Å². The van der Waals surface area contributed by atoms with Crippen LogP contribution in [0.4, 0.5) is 15.8 Å². The fourth-order valence-corrected chi connectivity index (χ4v) is 3.06. The Morgan fingerprint density at radius 3 is 2.40 bits per heavy atom. The second-order valence-electron chi connectivity index (χ2n) is 6.09. The number of piperazine rings is 1. The average Bonchev–Trinajstić information content (AvgIpc) is 2.63. The van der Waals surface area contributed by atoms with Crippen molar-refractivity contribution in [2.45, 2.75) is 6.42 Å². The molecular formula is C19H21ClFN3O. The monoisotopic (exact) mass is 361 g/mol.